The molecule has 1 aliphatic carbocycles. The number of fused-ring (bicyclic) bond motifs is 1. The number of hydrogen-bond acceptors (Lipinski definition) is 1. The number of nitrogens with one attached hydrogen (secondary N) is 2. The van der Waals surface area contributed by atoms with Gasteiger partial charge < -0.3 is 10.3 Å². The Labute approximate surface area is 100 Å². The Balaban J connectivity index is 1.74. The van der Waals surface area contributed by atoms with E-state index in [1.165, 1.54) is 31.7 Å². The van der Waals surface area contributed by atoms with Gasteiger partial charge in [0, 0.05) is 23.7 Å². The first-order chi connectivity index (χ1) is 8.33. The quantitative estimate of drug-likeness (QED) is 0.834. The second-order valence-electron chi connectivity index (χ2n) is 4.86. The third-order valence-corrected chi connectivity index (χ3v) is 3.60. The molecule has 1 heterocycles. The van der Waals surface area contributed by atoms with Gasteiger partial charge in [-0.2, -0.15) is 0 Å². The van der Waals surface area contributed by atoms with E-state index in [2.05, 4.69) is 10.3 Å². The van der Waals surface area contributed by atoms with E-state index in [-0.39, 0.29) is 5.82 Å². The zero-order valence-corrected chi connectivity index (χ0v) is 9.80. The van der Waals surface area contributed by atoms with Gasteiger partial charge in [0.2, 0.25) is 0 Å². The zero-order valence-electron chi connectivity index (χ0n) is 9.80. The minimum atomic E-state index is -0.172. The Morgan fingerprint density at radius 2 is 2.12 bits per heavy atom. The van der Waals surface area contributed by atoms with Crippen LogP contribution in [0.25, 0.3) is 10.9 Å². The van der Waals surface area contributed by atoms with Gasteiger partial charge in [-0.25, -0.2) is 4.39 Å². The Bertz CT molecular complexity index is 512. The lowest BCUT2D eigenvalue weighted by Crippen LogP contribution is -2.25. The summed E-state index contributed by atoms with van der Waals surface area (Å²) in [6.45, 7) is 0.804. The molecule has 3 heteroatoms. The third-order valence-electron chi connectivity index (χ3n) is 3.60. The molecule has 1 aromatic heterocycles. The van der Waals surface area contributed by atoms with Crippen molar-refractivity contribution in [2.45, 2.75) is 38.3 Å². The summed E-state index contributed by atoms with van der Waals surface area (Å²) in [6, 6.07) is 7.85. The smallest absolute Gasteiger partial charge is 0.147 e. The van der Waals surface area contributed by atoms with Crippen LogP contribution < -0.4 is 5.32 Å². The molecule has 0 radical (unpaired) electrons. The van der Waals surface area contributed by atoms with E-state index in [0.717, 1.165) is 17.6 Å². The van der Waals surface area contributed by atoms with Gasteiger partial charge in [0.25, 0.3) is 0 Å². The molecule has 0 atom stereocenters. The monoisotopic (exact) mass is 232 g/mol. The second kappa shape index (κ2) is 4.49. The Kier molecular flexibility index (Phi) is 2.85. The van der Waals surface area contributed by atoms with Crippen LogP contribution in [0.5, 0.6) is 0 Å². The SMILES string of the molecule is Fc1cccc2cc(CNC3CCCC3)[nH]c12. The summed E-state index contributed by atoms with van der Waals surface area (Å²) < 4.78 is 13.5. The van der Waals surface area contributed by atoms with Gasteiger partial charge in [0.1, 0.15) is 5.82 Å². The number of aromatic amines is 1. The van der Waals surface area contributed by atoms with E-state index in [1.807, 2.05) is 12.1 Å². The van der Waals surface area contributed by atoms with Crippen molar-refractivity contribution in [1.82, 2.24) is 10.3 Å². The first kappa shape index (κ1) is 10.8. The lowest BCUT2D eigenvalue weighted by atomic mass is 10.2. The minimum absolute atomic E-state index is 0.172. The van der Waals surface area contributed by atoms with E-state index in [1.54, 1.807) is 6.07 Å². The molecule has 0 unspecified atom stereocenters. The second-order valence-corrected chi connectivity index (χ2v) is 4.86. The van der Waals surface area contributed by atoms with Gasteiger partial charge in [-0.3, -0.25) is 0 Å². The van der Waals surface area contributed by atoms with Gasteiger partial charge in [0.05, 0.1) is 5.52 Å². The van der Waals surface area contributed by atoms with Crippen molar-refractivity contribution >= 4 is 10.9 Å². The van der Waals surface area contributed by atoms with E-state index < -0.39 is 0 Å². The fourth-order valence-corrected chi connectivity index (χ4v) is 2.66. The summed E-state index contributed by atoms with van der Waals surface area (Å²) in [7, 11) is 0. The maximum atomic E-state index is 13.5. The van der Waals surface area contributed by atoms with Crippen LogP contribution in [0.3, 0.4) is 0 Å². The average molecular weight is 232 g/mol. The highest BCUT2D eigenvalue weighted by molar-refractivity contribution is 5.80. The minimum Gasteiger partial charge on any atom is -0.355 e. The molecule has 0 aliphatic heterocycles. The molecule has 0 amide bonds. The Morgan fingerprint density at radius 3 is 2.88 bits per heavy atom. The summed E-state index contributed by atoms with van der Waals surface area (Å²) >= 11 is 0. The average Bonchev–Trinajstić information content (AvgIpc) is 2.95. The van der Waals surface area contributed by atoms with Crippen molar-refractivity contribution in [3.05, 3.63) is 35.8 Å². The predicted molar refractivity (Wildman–Crippen MR) is 67.4 cm³/mol. The summed E-state index contributed by atoms with van der Waals surface area (Å²) in [5.41, 5.74) is 1.69. The summed E-state index contributed by atoms with van der Waals surface area (Å²) in [4.78, 5) is 3.15. The summed E-state index contributed by atoms with van der Waals surface area (Å²) in [5.74, 6) is -0.172. The Morgan fingerprint density at radius 1 is 1.29 bits per heavy atom. The van der Waals surface area contributed by atoms with E-state index in [0.29, 0.717) is 11.6 Å². The molecule has 17 heavy (non-hydrogen) atoms. The predicted octanol–water partition coefficient (Wildman–Crippen LogP) is 3.34. The van der Waals surface area contributed by atoms with Crippen molar-refractivity contribution in [2.75, 3.05) is 0 Å². The molecule has 0 bridgehead atoms. The lowest BCUT2D eigenvalue weighted by Gasteiger charge is -2.10. The van der Waals surface area contributed by atoms with Gasteiger partial charge in [-0.05, 0) is 25.0 Å². The van der Waals surface area contributed by atoms with Crippen LogP contribution in [0, 0.1) is 5.82 Å². The third kappa shape index (κ3) is 2.20. The highest BCUT2D eigenvalue weighted by Gasteiger charge is 2.14. The fourth-order valence-electron chi connectivity index (χ4n) is 2.66. The highest BCUT2D eigenvalue weighted by atomic mass is 19.1. The highest BCUT2D eigenvalue weighted by Crippen LogP contribution is 2.20. The molecule has 1 aliphatic rings. The molecule has 0 spiro atoms. The van der Waals surface area contributed by atoms with Crippen molar-refractivity contribution in [1.29, 1.82) is 0 Å². The van der Waals surface area contributed by atoms with Gasteiger partial charge in [0.15, 0.2) is 0 Å². The maximum Gasteiger partial charge on any atom is 0.147 e. The molecule has 1 fully saturated rings. The molecule has 3 rings (SSSR count). The van der Waals surface area contributed by atoms with E-state index in [4.69, 9.17) is 0 Å². The molecular weight excluding hydrogens is 215 g/mol. The standard InChI is InChI=1S/C14H17FN2/c15-13-7-3-4-10-8-12(17-14(10)13)9-16-11-5-1-2-6-11/h3-4,7-8,11,16-17H,1-2,5-6,9H2. The largest absolute Gasteiger partial charge is 0.355 e. The number of aromatic nitrogens is 1. The van der Waals surface area contributed by atoms with E-state index in [9.17, 15) is 4.39 Å². The molecule has 2 aromatic rings. The van der Waals surface area contributed by atoms with Crippen molar-refractivity contribution in [2.24, 2.45) is 0 Å². The van der Waals surface area contributed by atoms with Gasteiger partial charge in [-0.15, -0.1) is 0 Å². The van der Waals surface area contributed by atoms with Crippen LogP contribution in [-0.2, 0) is 6.54 Å². The van der Waals surface area contributed by atoms with Crippen LogP contribution in [0.4, 0.5) is 4.39 Å². The fraction of sp³-hybridized carbons (Fsp3) is 0.429. The number of H-pyrrole nitrogens is 1. The van der Waals surface area contributed by atoms with Crippen LogP contribution in [-0.4, -0.2) is 11.0 Å². The molecule has 2 N–H and O–H groups in total. The topological polar surface area (TPSA) is 27.8 Å². The zero-order chi connectivity index (χ0) is 11.7. The van der Waals surface area contributed by atoms with E-state index >= 15 is 0 Å². The van der Waals surface area contributed by atoms with Crippen LogP contribution in [0.2, 0.25) is 0 Å². The molecule has 2 nitrogen and oxygen atoms in total. The van der Waals surface area contributed by atoms with Gasteiger partial charge in [-0.1, -0.05) is 25.0 Å². The first-order valence-electron chi connectivity index (χ1n) is 6.32. The van der Waals surface area contributed by atoms with Crippen molar-refractivity contribution < 1.29 is 4.39 Å². The molecule has 90 valence electrons. The van der Waals surface area contributed by atoms with Crippen LogP contribution in [0.1, 0.15) is 31.4 Å². The number of hydrogen-bond donors (Lipinski definition) is 2. The normalized spacial score (nSPS) is 17.0. The number of halogens is 1. The molecule has 0 saturated heterocycles. The maximum absolute atomic E-state index is 13.5. The number of benzene rings is 1. The summed E-state index contributed by atoms with van der Waals surface area (Å²) in [5, 5.41) is 4.48. The molecule has 1 aromatic carbocycles. The van der Waals surface area contributed by atoms with Crippen LogP contribution in [0.15, 0.2) is 24.3 Å². The Hall–Kier alpha value is -1.35. The van der Waals surface area contributed by atoms with Crippen molar-refractivity contribution in [3.8, 4) is 0 Å². The molecular formula is C14H17FN2. The number of rotatable bonds is 3. The van der Waals surface area contributed by atoms with Gasteiger partial charge >= 0.3 is 0 Å². The summed E-state index contributed by atoms with van der Waals surface area (Å²) in [6.07, 6.45) is 5.21. The lowest BCUT2D eigenvalue weighted by molar-refractivity contribution is 0.520. The van der Waals surface area contributed by atoms with Crippen LogP contribution >= 0.6 is 0 Å². The number of para-hydroxylation sites is 1. The van der Waals surface area contributed by atoms with Crippen molar-refractivity contribution in [3.63, 3.8) is 0 Å². The molecule has 1 saturated carbocycles. The first-order valence-corrected chi connectivity index (χ1v) is 6.32.